The summed E-state index contributed by atoms with van der Waals surface area (Å²) in [6, 6.07) is 14.6. The summed E-state index contributed by atoms with van der Waals surface area (Å²) >= 11 is 0. The van der Waals surface area contributed by atoms with E-state index in [1.165, 1.54) is 11.1 Å². The third kappa shape index (κ3) is 2.80. The number of ketones is 1. The summed E-state index contributed by atoms with van der Waals surface area (Å²) in [6.45, 7) is 3.29. The summed E-state index contributed by atoms with van der Waals surface area (Å²) < 4.78 is 12.2. The molecule has 5 rings (SSSR count). The van der Waals surface area contributed by atoms with Gasteiger partial charge >= 0.3 is 0 Å². The van der Waals surface area contributed by atoms with E-state index in [0.29, 0.717) is 36.5 Å². The molecule has 0 amide bonds. The van der Waals surface area contributed by atoms with Crippen LogP contribution >= 0.6 is 0 Å². The summed E-state index contributed by atoms with van der Waals surface area (Å²) in [5.41, 5.74) is 2.39. The average molecular weight is 392 g/mol. The van der Waals surface area contributed by atoms with Gasteiger partial charge in [0.25, 0.3) is 0 Å². The van der Waals surface area contributed by atoms with Crippen LogP contribution in [0.3, 0.4) is 0 Å². The second-order valence-electron chi connectivity index (χ2n) is 9.13. The predicted molar refractivity (Wildman–Crippen MR) is 113 cm³/mol. The number of hydrogen-bond donors (Lipinski definition) is 0. The molecular formula is C25H29NO3. The van der Waals surface area contributed by atoms with E-state index in [-0.39, 0.29) is 5.41 Å². The quantitative estimate of drug-likeness (QED) is 0.766. The first-order valence-electron chi connectivity index (χ1n) is 10.7. The lowest BCUT2D eigenvalue weighted by atomic mass is 9.49. The van der Waals surface area contributed by atoms with Crippen LogP contribution in [0.5, 0.6) is 17.2 Å². The molecule has 0 N–H and O–H groups in total. The Morgan fingerprint density at radius 1 is 1.10 bits per heavy atom. The van der Waals surface area contributed by atoms with Crippen molar-refractivity contribution in [2.45, 2.75) is 44.1 Å². The number of likely N-dealkylation sites (tertiary alicyclic amines) is 1. The van der Waals surface area contributed by atoms with Crippen LogP contribution in [-0.2, 0) is 16.6 Å². The highest BCUT2D eigenvalue weighted by atomic mass is 16.5. The Kier molecular flexibility index (Phi) is 4.43. The number of ether oxygens (including phenoxy) is 2. The third-order valence-electron chi connectivity index (χ3n) is 7.52. The molecule has 2 aliphatic carbocycles. The summed E-state index contributed by atoms with van der Waals surface area (Å²) in [6.07, 6.45) is 3.32. The minimum absolute atomic E-state index is 0.155. The van der Waals surface area contributed by atoms with Crippen molar-refractivity contribution in [2.75, 3.05) is 20.7 Å². The van der Waals surface area contributed by atoms with E-state index in [1.807, 2.05) is 36.4 Å². The Morgan fingerprint density at radius 3 is 2.66 bits per heavy atom. The van der Waals surface area contributed by atoms with Gasteiger partial charge in [-0.2, -0.15) is 0 Å². The fourth-order valence-corrected chi connectivity index (χ4v) is 6.47. The molecule has 1 saturated carbocycles. The van der Waals surface area contributed by atoms with Gasteiger partial charge in [-0.25, -0.2) is 0 Å². The number of benzene rings is 2. The van der Waals surface area contributed by atoms with Gasteiger partial charge in [0.2, 0.25) is 0 Å². The Hall–Kier alpha value is -2.33. The largest absolute Gasteiger partial charge is 0.493 e. The number of para-hydroxylation sites is 1. The molecule has 2 bridgehead atoms. The fourth-order valence-electron chi connectivity index (χ4n) is 6.47. The molecule has 2 aromatic rings. The van der Waals surface area contributed by atoms with Gasteiger partial charge in [0.15, 0.2) is 11.5 Å². The van der Waals surface area contributed by atoms with Crippen molar-refractivity contribution in [3.8, 4) is 17.2 Å². The highest BCUT2D eigenvalue weighted by molar-refractivity contribution is 5.82. The molecule has 0 spiro atoms. The molecule has 29 heavy (non-hydrogen) atoms. The zero-order valence-electron chi connectivity index (χ0n) is 17.5. The molecule has 0 radical (unpaired) electrons. The van der Waals surface area contributed by atoms with Gasteiger partial charge in [-0.3, -0.25) is 4.79 Å². The minimum Gasteiger partial charge on any atom is -0.493 e. The molecular weight excluding hydrogens is 362 g/mol. The zero-order chi connectivity index (χ0) is 20.2. The second-order valence-corrected chi connectivity index (χ2v) is 9.13. The van der Waals surface area contributed by atoms with Crippen LogP contribution in [0.15, 0.2) is 42.5 Å². The smallest absolute Gasteiger partial charge is 0.173 e. The number of carbonyl (C=O) groups excluding carboxylic acids is 1. The maximum Gasteiger partial charge on any atom is 0.173 e. The first kappa shape index (κ1) is 18.7. The Balaban J connectivity index is 1.73. The molecule has 0 aromatic heterocycles. The van der Waals surface area contributed by atoms with Crippen LogP contribution in [0, 0.1) is 11.8 Å². The van der Waals surface area contributed by atoms with Crippen LogP contribution in [0.4, 0.5) is 0 Å². The molecule has 4 nitrogen and oxygen atoms in total. The maximum atomic E-state index is 12.9. The molecule has 152 valence electrons. The molecule has 2 fully saturated rings. The highest BCUT2D eigenvalue weighted by Gasteiger charge is 2.58. The first-order chi connectivity index (χ1) is 14.0. The molecule has 2 aromatic carbocycles. The number of carbonyl (C=O) groups is 1. The number of likely N-dealkylation sites (N-methyl/N-ethyl adjacent to an activating group) is 1. The molecule has 4 atom stereocenters. The SMILES string of the molecule is COc1ccc2c(c1Oc1ccccc1)[C@@]13CCN(C)[C@@H](C2)[C@@H]1[C@@H](C)CC(=O)C3. The van der Waals surface area contributed by atoms with Crippen molar-refractivity contribution >= 4 is 5.78 Å². The number of nitrogens with zero attached hydrogens (tertiary/aromatic N) is 1. The average Bonchev–Trinajstić information content (AvgIpc) is 2.71. The second kappa shape index (κ2) is 6.88. The summed E-state index contributed by atoms with van der Waals surface area (Å²) in [4.78, 5) is 15.4. The van der Waals surface area contributed by atoms with Gasteiger partial charge in [-0.05, 0) is 62.0 Å². The van der Waals surface area contributed by atoms with Gasteiger partial charge in [-0.15, -0.1) is 0 Å². The zero-order valence-corrected chi connectivity index (χ0v) is 17.5. The lowest BCUT2D eigenvalue weighted by molar-refractivity contribution is -0.130. The third-order valence-corrected chi connectivity index (χ3v) is 7.52. The van der Waals surface area contributed by atoms with Crippen LogP contribution in [0.2, 0.25) is 0 Å². The highest BCUT2D eigenvalue weighted by Crippen LogP contribution is 2.60. The van der Waals surface area contributed by atoms with Crippen molar-refractivity contribution in [1.82, 2.24) is 4.90 Å². The molecule has 1 aliphatic heterocycles. The van der Waals surface area contributed by atoms with Crippen molar-refractivity contribution in [3.63, 3.8) is 0 Å². The number of piperidine rings is 1. The Bertz CT molecular complexity index is 941. The molecule has 3 aliphatic rings. The molecule has 4 heteroatoms. The van der Waals surface area contributed by atoms with E-state index in [0.717, 1.165) is 36.6 Å². The van der Waals surface area contributed by atoms with E-state index in [1.54, 1.807) is 7.11 Å². The van der Waals surface area contributed by atoms with E-state index in [9.17, 15) is 4.79 Å². The van der Waals surface area contributed by atoms with E-state index >= 15 is 0 Å². The van der Waals surface area contributed by atoms with Crippen LogP contribution in [0.1, 0.15) is 37.3 Å². The maximum absolute atomic E-state index is 12.9. The number of rotatable bonds is 3. The number of fused-ring (bicyclic) bond motifs is 1. The van der Waals surface area contributed by atoms with E-state index < -0.39 is 0 Å². The molecule has 0 unspecified atom stereocenters. The molecule has 1 heterocycles. The monoisotopic (exact) mass is 391 g/mol. The normalized spacial score (nSPS) is 31.0. The van der Waals surface area contributed by atoms with E-state index in [4.69, 9.17) is 9.47 Å². The standard InChI is InChI=1S/C25H29NO3/c1-16-13-18(27)15-25-11-12-26(2)20(22(16)25)14-17-9-10-21(28-3)24(23(17)25)29-19-7-5-4-6-8-19/h4-10,16,20,22H,11-15H2,1-3H3/t16-,20-,22-,25+/m0/s1. The summed E-state index contributed by atoms with van der Waals surface area (Å²) in [7, 11) is 3.94. The van der Waals surface area contributed by atoms with Crippen LogP contribution < -0.4 is 9.47 Å². The molecule has 1 saturated heterocycles. The topological polar surface area (TPSA) is 38.8 Å². The fraction of sp³-hybridized carbons (Fsp3) is 0.480. The van der Waals surface area contributed by atoms with Crippen molar-refractivity contribution < 1.29 is 14.3 Å². The van der Waals surface area contributed by atoms with Crippen molar-refractivity contribution in [3.05, 3.63) is 53.6 Å². The van der Waals surface area contributed by atoms with E-state index in [2.05, 4.69) is 24.9 Å². The Morgan fingerprint density at radius 2 is 1.90 bits per heavy atom. The van der Waals surface area contributed by atoms with Gasteiger partial charge in [0.05, 0.1) is 7.11 Å². The number of hydrogen-bond acceptors (Lipinski definition) is 4. The first-order valence-corrected chi connectivity index (χ1v) is 10.7. The summed E-state index contributed by atoms with van der Waals surface area (Å²) in [5.74, 6) is 3.61. The van der Waals surface area contributed by atoms with Gasteiger partial charge in [-0.1, -0.05) is 31.2 Å². The van der Waals surface area contributed by atoms with Gasteiger partial charge < -0.3 is 14.4 Å². The van der Waals surface area contributed by atoms with Crippen molar-refractivity contribution in [1.29, 1.82) is 0 Å². The predicted octanol–water partition coefficient (Wildman–Crippen LogP) is 4.60. The van der Waals surface area contributed by atoms with Gasteiger partial charge in [0.1, 0.15) is 11.5 Å². The lowest BCUT2D eigenvalue weighted by Gasteiger charge is -2.60. The van der Waals surface area contributed by atoms with Crippen molar-refractivity contribution in [2.24, 2.45) is 11.8 Å². The van der Waals surface area contributed by atoms with Gasteiger partial charge in [0, 0.05) is 29.9 Å². The number of Topliss-reactive ketones (excluding diaryl/α,β-unsaturated/α-hetero) is 1. The van der Waals surface area contributed by atoms with Crippen LogP contribution in [-0.4, -0.2) is 37.4 Å². The minimum atomic E-state index is -0.155. The number of methoxy groups -OCH3 is 1. The lowest BCUT2D eigenvalue weighted by Crippen LogP contribution is -2.63. The van der Waals surface area contributed by atoms with Crippen LogP contribution in [0.25, 0.3) is 0 Å². The summed E-state index contributed by atoms with van der Waals surface area (Å²) in [5, 5.41) is 0. The Labute approximate surface area is 172 Å².